The van der Waals surface area contributed by atoms with E-state index in [1.807, 2.05) is 60.7 Å². The summed E-state index contributed by atoms with van der Waals surface area (Å²) in [7, 11) is -5.16. The number of nitrogens with one attached hydrogen (secondary N) is 1. The summed E-state index contributed by atoms with van der Waals surface area (Å²) in [6.45, 7) is 1.39. The van der Waals surface area contributed by atoms with Gasteiger partial charge in [0.25, 0.3) is 13.5 Å². The average molecular weight is 433 g/mol. The number of hydrogen-bond acceptors (Lipinski definition) is 5. The first kappa shape index (κ1) is 18.0. The van der Waals surface area contributed by atoms with E-state index in [1.54, 1.807) is 0 Å². The maximum Gasteiger partial charge on any atom is 0.277 e. The van der Waals surface area contributed by atoms with Crippen molar-refractivity contribution in [2.75, 3.05) is 13.2 Å². The SMILES string of the molecule is ClP1(Cl)=NP2(=NP(c3ccccc3)(c3ccccc3)=N1)NCCCO2. The fraction of sp³-hybridized carbons (Fsp3) is 0.200. The first-order chi connectivity index (χ1) is 12.0. The molecule has 1 spiro atoms. The third-order valence-corrected chi connectivity index (χ3v) is 15.2. The highest BCUT2D eigenvalue weighted by Crippen LogP contribution is 2.81. The zero-order valence-corrected chi connectivity index (χ0v) is 17.4. The largest absolute Gasteiger partial charge is 0.316 e. The van der Waals surface area contributed by atoms with E-state index >= 15 is 0 Å². The van der Waals surface area contributed by atoms with Gasteiger partial charge in [0.15, 0.2) is 0 Å². The van der Waals surface area contributed by atoms with E-state index in [9.17, 15) is 0 Å². The average Bonchev–Trinajstić information content (AvgIpc) is 2.62. The van der Waals surface area contributed by atoms with Gasteiger partial charge in [-0.2, -0.15) is 9.03 Å². The molecule has 0 saturated carbocycles. The number of benzene rings is 2. The van der Waals surface area contributed by atoms with Crippen LogP contribution in [0.4, 0.5) is 0 Å². The van der Waals surface area contributed by atoms with Crippen LogP contribution < -0.4 is 15.7 Å². The molecule has 2 aliphatic rings. The van der Waals surface area contributed by atoms with Crippen molar-refractivity contribution in [3.63, 3.8) is 0 Å². The van der Waals surface area contributed by atoms with E-state index in [0.29, 0.717) is 6.61 Å². The topological polar surface area (TPSA) is 58.3 Å². The van der Waals surface area contributed by atoms with E-state index in [-0.39, 0.29) is 0 Å². The summed E-state index contributed by atoms with van der Waals surface area (Å²) < 4.78 is 20.6. The zero-order chi connectivity index (χ0) is 17.4. The fourth-order valence-electron chi connectivity index (χ4n) is 2.81. The quantitative estimate of drug-likeness (QED) is 0.578. The molecule has 0 bridgehead atoms. The van der Waals surface area contributed by atoms with Gasteiger partial charge in [0.2, 0.25) is 0 Å². The van der Waals surface area contributed by atoms with Gasteiger partial charge in [-0.1, -0.05) is 60.7 Å². The first-order valence-electron chi connectivity index (χ1n) is 7.86. The second-order valence-corrected chi connectivity index (χ2v) is 15.9. The summed E-state index contributed by atoms with van der Waals surface area (Å²) in [6, 6.07) is 20.0. The molecule has 0 aliphatic carbocycles. The van der Waals surface area contributed by atoms with Crippen LogP contribution in [0.15, 0.2) is 74.2 Å². The van der Waals surface area contributed by atoms with Gasteiger partial charge in [-0.3, -0.25) is 0 Å². The lowest BCUT2D eigenvalue weighted by atomic mass is 10.4. The Hall–Kier alpha value is -0.370. The van der Waals surface area contributed by atoms with Crippen LogP contribution in [0.2, 0.25) is 0 Å². The van der Waals surface area contributed by atoms with Crippen molar-refractivity contribution in [2.24, 2.45) is 13.5 Å². The Morgan fingerprint density at radius 2 is 1.44 bits per heavy atom. The Kier molecular flexibility index (Phi) is 5.03. The predicted molar refractivity (Wildman–Crippen MR) is 110 cm³/mol. The maximum absolute atomic E-state index is 6.60. The summed E-state index contributed by atoms with van der Waals surface area (Å²) in [4.78, 5) is 0. The van der Waals surface area contributed by atoms with Crippen molar-refractivity contribution in [1.82, 2.24) is 5.09 Å². The molecule has 1 fully saturated rings. The highest BCUT2D eigenvalue weighted by Gasteiger charge is 2.39. The molecular weight excluding hydrogens is 416 g/mol. The van der Waals surface area contributed by atoms with Crippen LogP contribution in [0, 0.1) is 0 Å². The molecule has 4 rings (SSSR count). The van der Waals surface area contributed by atoms with Crippen LogP contribution in [0.5, 0.6) is 0 Å². The molecule has 2 aromatic rings. The molecule has 1 N–H and O–H groups in total. The standard InChI is InChI=1S/C15H17Cl2N4OP3/c16-24(17)19-23(14-8-3-1-4-9-14,15-10-5-2-6-11-15)20-25(21-24)18-12-7-13-22-25/h1-6,8-11,18H,7,12-13H2. The van der Waals surface area contributed by atoms with Gasteiger partial charge in [-0.15, -0.1) is 0 Å². The molecule has 2 aliphatic heterocycles. The van der Waals surface area contributed by atoms with Crippen molar-refractivity contribution in [1.29, 1.82) is 0 Å². The van der Waals surface area contributed by atoms with Crippen LogP contribution >= 0.6 is 43.2 Å². The molecule has 5 nitrogen and oxygen atoms in total. The van der Waals surface area contributed by atoms with Crippen LogP contribution in [0.25, 0.3) is 0 Å². The third kappa shape index (κ3) is 3.57. The number of halogens is 2. The van der Waals surface area contributed by atoms with Gasteiger partial charge in [0, 0.05) is 17.2 Å². The Labute approximate surface area is 157 Å². The maximum atomic E-state index is 6.60. The van der Waals surface area contributed by atoms with Crippen molar-refractivity contribution in [3.05, 3.63) is 60.7 Å². The Balaban J connectivity index is 2.08. The smallest absolute Gasteiger partial charge is 0.277 e. The molecule has 25 heavy (non-hydrogen) atoms. The normalized spacial score (nSPS) is 27.0. The molecule has 132 valence electrons. The fourth-order valence-corrected chi connectivity index (χ4v) is 16.4. The van der Waals surface area contributed by atoms with Crippen molar-refractivity contribution in [3.8, 4) is 0 Å². The van der Waals surface area contributed by atoms with Crippen molar-refractivity contribution >= 4 is 53.8 Å². The van der Waals surface area contributed by atoms with E-state index in [2.05, 4.69) is 9.60 Å². The molecular formula is C15H17Cl2N4OP3. The zero-order valence-electron chi connectivity index (χ0n) is 13.2. The van der Waals surface area contributed by atoms with Crippen molar-refractivity contribution in [2.45, 2.75) is 6.42 Å². The molecule has 0 radical (unpaired) electrons. The highest BCUT2D eigenvalue weighted by atomic mass is 35.9. The van der Waals surface area contributed by atoms with Crippen LogP contribution in [0.3, 0.4) is 0 Å². The summed E-state index contributed by atoms with van der Waals surface area (Å²) >= 11 is 13.2. The second kappa shape index (κ2) is 6.98. The molecule has 1 saturated heterocycles. The summed E-state index contributed by atoms with van der Waals surface area (Å²) in [6.07, 6.45) is 0.919. The lowest BCUT2D eigenvalue weighted by Gasteiger charge is -2.34. The Morgan fingerprint density at radius 3 is 1.96 bits per heavy atom. The van der Waals surface area contributed by atoms with Gasteiger partial charge in [0.1, 0.15) is 7.21 Å². The first-order valence-corrected chi connectivity index (χ1v) is 14.7. The third-order valence-electron chi connectivity index (χ3n) is 3.86. The van der Waals surface area contributed by atoms with E-state index in [1.165, 1.54) is 0 Å². The van der Waals surface area contributed by atoms with E-state index in [4.69, 9.17) is 36.0 Å². The molecule has 2 heterocycles. The minimum atomic E-state index is -2.91. The number of hydrogen-bond donors (Lipinski definition) is 1. The minimum absolute atomic E-state index is 0.602. The predicted octanol–water partition coefficient (Wildman–Crippen LogP) is 6.15. The summed E-state index contributed by atoms with van der Waals surface area (Å²) in [5.41, 5.74) is 0. The molecule has 0 amide bonds. The number of nitrogens with zero attached hydrogens (tertiary/aromatic N) is 3. The van der Waals surface area contributed by atoms with Crippen molar-refractivity contribution < 1.29 is 4.52 Å². The van der Waals surface area contributed by atoms with Gasteiger partial charge in [0.05, 0.1) is 6.61 Å². The summed E-state index contributed by atoms with van der Waals surface area (Å²) in [5.74, 6) is -2.91. The van der Waals surface area contributed by atoms with Gasteiger partial charge >= 0.3 is 0 Å². The van der Waals surface area contributed by atoms with Crippen LogP contribution in [0.1, 0.15) is 6.42 Å². The number of rotatable bonds is 2. The van der Waals surface area contributed by atoms with E-state index in [0.717, 1.165) is 23.6 Å². The molecule has 2 aromatic carbocycles. The Bertz CT molecular complexity index is 890. The second-order valence-electron chi connectivity index (χ2n) is 5.64. The molecule has 1 unspecified atom stereocenters. The van der Waals surface area contributed by atoms with E-state index < -0.39 is 20.7 Å². The molecule has 10 heteroatoms. The van der Waals surface area contributed by atoms with Crippen LogP contribution in [-0.2, 0) is 4.52 Å². The lowest BCUT2D eigenvalue weighted by Crippen LogP contribution is -2.23. The minimum Gasteiger partial charge on any atom is -0.316 e. The highest BCUT2D eigenvalue weighted by molar-refractivity contribution is 8.14. The monoisotopic (exact) mass is 432 g/mol. The van der Waals surface area contributed by atoms with Crippen LogP contribution in [-0.4, -0.2) is 13.2 Å². The Morgan fingerprint density at radius 1 is 0.840 bits per heavy atom. The lowest BCUT2D eigenvalue weighted by molar-refractivity contribution is 0.310. The van der Waals surface area contributed by atoms with Gasteiger partial charge in [-0.25, -0.2) is 9.60 Å². The molecule has 1 atom stereocenters. The van der Waals surface area contributed by atoms with Gasteiger partial charge < -0.3 is 4.52 Å². The summed E-state index contributed by atoms with van der Waals surface area (Å²) in [5, 5.41) is 5.39. The van der Waals surface area contributed by atoms with Gasteiger partial charge in [-0.05, 0) is 28.9 Å². The molecule has 0 aromatic heterocycles.